The zero-order valence-corrected chi connectivity index (χ0v) is 16.1. The summed E-state index contributed by atoms with van der Waals surface area (Å²) in [5, 5.41) is 4.81. The van der Waals surface area contributed by atoms with Crippen LogP contribution in [0.1, 0.15) is 17.4 Å². The molecule has 0 fully saturated rings. The van der Waals surface area contributed by atoms with E-state index in [9.17, 15) is 9.59 Å². The van der Waals surface area contributed by atoms with Gasteiger partial charge in [-0.1, -0.05) is 12.1 Å². The van der Waals surface area contributed by atoms with Gasteiger partial charge in [-0.2, -0.15) is 0 Å². The Bertz CT molecular complexity index is 731. The van der Waals surface area contributed by atoms with Crippen molar-refractivity contribution in [3.05, 3.63) is 46.2 Å². The molecule has 1 heterocycles. The Labute approximate surface area is 157 Å². The highest BCUT2D eigenvalue weighted by atomic mass is 32.1. The lowest BCUT2D eigenvalue weighted by Gasteiger charge is -2.22. The molecule has 0 radical (unpaired) electrons. The molecule has 2 aromatic rings. The van der Waals surface area contributed by atoms with Crippen molar-refractivity contribution in [3.63, 3.8) is 0 Å². The van der Waals surface area contributed by atoms with Gasteiger partial charge in [0.1, 0.15) is 0 Å². The summed E-state index contributed by atoms with van der Waals surface area (Å²) in [5.74, 6) is 1.18. The Morgan fingerprint density at radius 3 is 2.54 bits per heavy atom. The summed E-state index contributed by atoms with van der Waals surface area (Å²) < 4.78 is 10.5. The molecule has 140 valence electrons. The summed E-state index contributed by atoms with van der Waals surface area (Å²) in [6.07, 6.45) is 0.368. The van der Waals surface area contributed by atoms with Gasteiger partial charge < -0.3 is 19.7 Å². The summed E-state index contributed by atoms with van der Waals surface area (Å²) in [4.78, 5) is 26.6. The molecule has 2 rings (SSSR count). The van der Waals surface area contributed by atoms with Crippen molar-refractivity contribution >= 4 is 23.2 Å². The summed E-state index contributed by atoms with van der Waals surface area (Å²) >= 11 is 1.56. The van der Waals surface area contributed by atoms with Crippen LogP contribution >= 0.6 is 11.3 Å². The van der Waals surface area contributed by atoms with Crippen molar-refractivity contribution in [2.75, 3.05) is 27.3 Å². The van der Waals surface area contributed by atoms with E-state index in [1.165, 1.54) is 6.92 Å². The maximum Gasteiger partial charge on any atom is 0.225 e. The number of methoxy groups -OCH3 is 2. The highest BCUT2D eigenvalue weighted by Gasteiger charge is 2.12. The second kappa shape index (κ2) is 9.82. The zero-order chi connectivity index (χ0) is 18.9. The third-order valence-electron chi connectivity index (χ3n) is 3.89. The van der Waals surface area contributed by atoms with Crippen LogP contribution in [-0.2, 0) is 22.6 Å². The molecule has 1 aromatic carbocycles. The van der Waals surface area contributed by atoms with E-state index >= 15 is 0 Å². The molecule has 0 unspecified atom stereocenters. The minimum absolute atomic E-state index is 0.0398. The van der Waals surface area contributed by atoms with Crippen LogP contribution in [0.5, 0.6) is 11.5 Å². The summed E-state index contributed by atoms with van der Waals surface area (Å²) in [5.41, 5.74) is 0.933. The molecule has 26 heavy (non-hydrogen) atoms. The van der Waals surface area contributed by atoms with Crippen LogP contribution in [0, 0.1) is 0 Å². The SMILES string of the molecule is COc1ccc(CN(CCNC(=O)Cc2cccs2)C(C)=O)cc1OC. The lowest BCUT2D eigenvalue weighted by molar-refractivity contribution is -0.130. The van der Waals surface area contributed by atoms with Gasteiger partial charge in [-0.25, -0.2) is 0 Å². The number of thiophene rings is 1. The van der Waals surface area contributed by atoms with Gasteiger partial charge in [0.25, 0.3) is 0 Å². The summed E-state index contributed by atoms with van der Waals surface area (Å²) in [6.45, 7) is 2.82. The smallest absolute Gasteiger partial charge is 0.225 e. The number of nitrogens with zero attached hydrogens (tertiary/aromatic N) is 1. The Morgan fingerprint density at radius 2 is 1.92 bits per heavy atom. The highest BCUT2D eigenvalue weighted by molar-refractivity contribution is 7.10. The summed E-state index contributed by atoms with van der Waals surface area (Å²) in [6, 6.07) is 9.42. The Balaban J connectivity index is 1.88. The largest absolute Gasteiger partial charge is 0.493 e. The molecule has 0 aliphatic heterocycles. The second-order valence-electron chi connectivity index (χ2n) is 5.74. The number of benzene rings is 1. The van der Waals surface area contributed by atoms with E-state index in [4.69, 9.17) is 9.47 Å². The number of hydrogen-bond donors (Lipinski definition) is 1. The minimum Gasteiger partial charge on any atom is -0.493 e. The van der Waals surface area contributed by atoms with Crippen LogP contribution in [0.2, 0.25) is 0 Å². The Morgan fingerprint density at radius 1 is 1.15 bits per heavy atom. The topological polar surface area (TPSA) is 67.9 Å². The Hall–Kier alpha value is -2.54. The van der Waals surface area contributed by atoms with Gasteiger partial charge in [-0.05, 0) is 29.1 Å². The van der Waals surface area contributed by atoms with E-state index in [2.05, 4.69) is 5.32 Å². The van der Waals surface area contributed by atoms with Crippen molar-refractivity contribution in [1.29, 1.82) is 0 Å². The molecule has 6 nitrogen and oxygen atoms in total. The molecule has 0 spiro atoms. The fraction of sp³-hybridized carbons (Fsp3) is 0.368. The predicted molar refractivity (Wildman–Crippen MR) is 102 cm³/mol. The first-order valence-corrected chi connectivity index (χ1v) is 9.17. The fourth-order valence-electron chi connectivity index (χ4n) is 2.51. The van der Waals surface area contributed by atoms with Crippen LogP contribution in [0.3, 0.4) is 0 Å². The first-order chi connectivity index (χ1) is 12.5. The van der Waals surface area contributed by atoms with Gasteiger partial charge in [0.15, 0.2) is 11.5 Å². The number of hydrogen-bond acceptors (Lipinski definition) is 5. The van der Waals surface area contributed by atoms with Gasteiger partial charge in [0.2, 0.25) is 11.8 Å². The molecular formula is C19H24N2O4S. The van der Waals surface area contributed by atoms with Gasteiger partial charge in [0.05, 0.1) is 20.6 Å². The minimum atomic E-state index is -0.0488. The molecule has 0 bridgehead atoms. The quantitative estimate of drug-likeness (QED) is 0.730. The first kappa shape index (κ1) is 19.8. The maximum atomic E-state index is 11.9. The zero-order valence-electron chi connectivity index (χ0n) is 15.3. The maximum absolute atomic E-state index is 11.9. The van der Waals surface area contributed by atoms with Crippen LogP contribution in [-0.4, -0.2) is 44.0 Å². The molecule has 2 amide bonds. The standard InChI is InChI=1S/C19H24N2O4S/c1-14(22)21(9-8-20-19(23)12-16-5-4-10-26-16)13-15-6-7-17(24-2)18(11-15)25-3/h4-7,10-11H,8-9,12-13H2,1-3H3,(H,20,23). The third kappa shape index (κ3) is 5.77. The second-order valence-corrected chi connectivity index (χ2v) is 6.77. The molecule has 0 saturated carbocycles. The van der Waals surface area contributed by atoms with Gasteiger partial charge in [-0.3, -0.25) is 9.59 Å². The van der Waals surface area contributed by atoms with Crippen molar-refractivity contribution in [2.24, 2.45) is 0 Å². The number of ether oxygens (including phenoxy) is 2. The average molecular weight is 376 g/mol. The normalized spacial score (nSPS) is 10.3. The molecule has 0 aliphatic rings. The molecule has 0 aliphatic carbocycles. The Kier molecular flexibility index (Phi) is 7.47. The van der Waals surface area contributed by atoms with Gasteiger partial charge >= 0.3 is 0 Å². The van der Waals surface area contributed by atoms with Crippen molar-refractivity contribution in [2.45, 2.75) is 19.9 Å². The average Bonchev–Trinajstić information content (AvgIpc) is 3.13. The van der Waals surface area contributed by atoms with Crippen LogP contribution in [0.25, 0.3) is 0 Å². The third-order valence-corrected chi connectivity index (χ3v) is 4.76. The van der Waals surface area contributed by atoms with E-state index in [0.29, 0.717) is 37.6 Å². The number of rotatable bonds is 9. The highest BCUT2D eigenvalue weighted by Crippen LogP contribution is 2.28. The van der Waals surface area contributed by atoms with E-state index < -0.39 is 0 Å². The molecule has 1 N–H and O–H groups in total. The van der Waals surface area contributed by atoms with E-state index in [0.717, 1.165) is 10.4 Å². The van der Waals surface area contributed by atoms with Gasteiger partial charge in [-0.15, -0.1) is 11.3 Å². The number of carbonyl (C=O) groups excluding carboxylic acids is 2. The van der Waals surface area contributed by atoms with Crippen LogP contribution in [0.15, 0.2) is 35.7 Å². The predicted octanol–water partition coefficient (Wildman–Crippen LogP) is 2.47. The van der Waals surface area contributed by atoms with E-state index in [1.54, 1.807) is 30.5 Å². The van der Waals surface area contributed by atoms with Crippen molar-refractivity contribution < 1.29 is 19.1 Å². The van der Waals surface area contributed by atoms with Crippen molar-refractivity contribution in [1.82, 2.24) is 10.2 Å². The molecule has 7 heteroatoms. The lowest BCUT2D eigenvalue weighted by atomic mass is 10.2. The lowest BCUT2D eigenvalue weighted by Crippen LogP contribution is -2.37. The number of carbonyl (C=O) groups is 2. The molecule has 1 aromatic heterocycles. The number of nitrogens with one attached hydrogen (secondary N) is 1. The van der Waals surface area contributed by atoms with Crippen LogP contribution < -0.4 is 14.8 Å². The fourth-order valence-corrected chi connectivity index (χ4v) is 3.21. The first-order valence-electron chi connectivity index (χ1n) is 8.29. The van der Waals surface area contributed by atoms with Crippen molar-refractivity contribution in [3.8, 4) is 11.5 Å². The molecular weight excluding hydrogens is 352 g/mol. The van der Waals surface area contributed by atoms with Crippen LogP contribution in [0.4, 0.5) is 0 Å². The van der Waals surface area contributed by atoms with E-state index in [-0.39, 0.29) is 11.8 Å². The van der Waals surface area contributed by atoms with E-state index in [1.807, 2.05) is 35.7 Å². The summed E-state index contributed by atoms with van der Waals surface area (Å²) in [7, 11) is 3.16. The van der Waals surface area contributed by atoms with Gasteiger partial charge in [0, 0.05) is 31.4 Å². The number of amides is 2. The monoisotopic (exact) mass is 376 g/mol. The molecule has 0 atom stereocenters. The molecule has 0 saturated heterocycles.